The predicted molar refractivity (Wildman–Crippen MR) is 86.9 cm³/mol. The van der Waals surface area contributed by atoms with Gasteiger partial charge in [0.2, 0.25) is 0 Å². The molecule has 1 rings (SSSR count). The lowest BCUT2D eigenvalue weighted by atomic mass is 10.3. The minimum absolute atomic E-state index is 0.0988. The molecule has 0 atom stereocenters. The summed E-state index contributed by atoms with van der Waals surface area (Å²) in [5.41, 5.74) is 0. The van der Waals surface area contributed by atoms with Crippen LogP contribution < -0.4 is 0 Å². The number of rotatable bonds is 0. The second-order valence-electron chi connectivity index (χ2n) is 2.40. The van der Waals surface area contributed by atoms with Crippen LogP contribution in [-0.2, 0) is 0 Å². The normalized spacial score (nSPS) is 9.67. The lowest BCUT2D eigenvalue weighted by Gasteiger charge is -2.06. The molecule has 0 N–H and O–H groups in total. The van der Waals surface area contributed by atoms with Crippen LogP contribution in [0.15, 0.2) is 8.98 Å². The highest BCUT2D eigenvalue weighted by Gasteiger charge is 2.17. The van der Waals surface area contributed by atoms with Gasteiger partial charge in [-0.3, -0.25) is 0 Å². The summed E-state index contributed by atoms with van der Waals surface area (Å²) in [6.45, 7) is 0. The average molecular weight is 451 g/mol. The van der Waals surface area contributed by atoms with Crippen LogP contribution in [0, 0.1) is 0 Å². The first-order chi connectivity index (χ1) is 8.11. The Hall–Kier alpha value is 1.86. The molecule has 0 amide bonds. The summed E-state index contributed by atoms with van der Waals surface area (Å²) < 4.78 is -0.198. The highest BCUT2D eigenvalue weighted by molar-refractivity contribution is 6.67. The maximum Gasteiger partial charge on any atom is 0.136 e. The predicted octanol–water partition coefficient (Wildman–Crippen LogP) is 8.68. The van der Waals surface area contributed by atoms with Crippen molar-refractivity contribution in [2.24, 2.45) is 0 Å². The fourth-order valence-corrected chi connectivity index (χ4v) is 2.00. The monoisotopic (exact) mass is 446 g/mol. The zero-order valence-corrected chi connectivity index (χ0v) is 15.3. The Balaban J connectivity index is 0.000000411. The van der Waals surface area contributed by atoms with Gasteiger partial charge in [-0.15, -0.1) is 0 Å². The number of hydrogen-bond acceptors (Lipinski definition) is 0. The number of benzene rings is 1. The highest BCUT2D eigenvalue weighted by atomic mass is 35.5. The van der Waals surface area contributed by atoms with Crippen molar-refractivity contribution in [3.63, 3.8) is 0 Å². The van der Waals surface area contributed by atoms with Crippen LogP contribution in [0.1, 0.15) is 0 Å². The summed E-state index contributed by atoms with van der Waals surface area (Å²) in [6, 6.07) is 0. The van der Waals surface area contributed by atoms with Crippen molar-refractivity contribution in [3.05, 3.63) is 39.1 Å². The van der Waals surface area contributed by atoms with E-state index in [2.05, 4.69) is 0 Å². The van der Waals surface area contributed by atoms with Gasteiger partial charge in [-0.25, -0.2) is 0 Å². The van der Waals surface area contributed by atoms with Crippen LogP contribution in [-0.4, -0.2) is 0 Å². The van der Waals surface area contributed by atoms with Gasteiger partial charge < -0.3 is 0 Å². The second kappa shape index (κ2) is 9.00. The van der Waals surface area contributed by atoms with Gasteiger partial charge in [0.1, 0.15) is 8.98 Å². The largest absolute Gasteiger partial charge is 0.136 e. The van der Waals surface area contributed by atoms with Crippen LogP contribution in [0.4, 0.5) is 0 Å². The molecule has 0 aliphatic heterocycles. The zero-order valence-electron chi connectivity index (χ0n) is 7.78. The molecule has 1 aromatic rings. The molecule has 0 saturated heterocycles. The second-order valence-corrected chi connectivity index (χ2v) is 6.57. The van der Waals surface area contributed by atoms with E-state index in [0.29, 0.717) is 0 Å². The lowest BCUT2D eigenvalue weighted by molar-refractivity contribution is 1.69. The fourth-order valence-electron chi connectivity index (χ4n) is 0.578. The minimum Gasteiger partial charge on any atom is -0.0810 e. The molecule has 0 nitrogen and oxygen atoms in total. The van der Waals surface area contributed by atoms with Gasteiger partial charge in [0.05, 0.1) is 30.1 Å². The molecule has 0 aliphatic rings. The summed E-state index contributed by atoms with van der Waals surface area (Å²) in [4.78, 5) is 0. The van der Waals surface area contributed by atoms with E-state index in [1.165, 1.54) is 0 Å². The molecule has 0 aromatic heterocycles. The lowest BCUT2D eigenvalue weighted by Crippen LogP contribution is -1.79. The molecule has 0 radical (unpaired) electrons. The van der Waals surface area contributed by atoms with E-state index in [-0.39, 0.29) is 39.1 Å². The van der Waals surface area contributed by atoms with Crippen molar-refractivity contribution < 1.29 is 0 Å². The maximum atomic E-state index is 5.67. The Bertz CT molecular complexity index is 354. The van der Waals surface area contributed by atoms with Gasteiger partial charge in [0.15, 0.2) is 0 Å². The molecule has 0 saturated carbocycles. The number of halogens is 10. The SMILES string of the molecule is ClC(Cl)=C(Cl)Cl.Clc1c(Cl)c(Cl)c(Cl)c(Cl)c1Cl. The molecular formula is C8Cl10. The summed E-state index contributed by atoms with van der Waals surface area (Å²) in [5.74, 6) is 0. The zero-order chi connectivity index (χ0) is 14.6. The van der Waals surface area contributed by atoms with Crippen molar-refractivity contribution in [3.8, 4) is 0 Å². The van der Waals surface area contributed by atoms with Crippen molar-refractivity contribution >= 4 is 116 Å². The van der Waals surface area contributed by atoms with Crippen LogP contribution >= 0.6 is 116 Å². The van der Waals surface area contributed by atoms with E-state index in [9.17, 15) is 0 Å². The molecule has 0 heterocycles. The van der Waals surface area contributed by atoms with E-state index in [1.54, 1.807) is 0 Å². The molecule has 0 unspecified atom stereocenters. The van der Waals surface area contributed by atoms with Crippen molar-refractivity contribution in [1.82, 2.24) is 0 Å². The van der Waals surface area contributed by atoms with E-state index in [0.717, 1.165) is 0 Å². The third-order valence-corrected chi connectivity index (χ3v) is 5.29. The van der Waals surface area contributed by atoms with E-state index < -0.39 is 0 Å². The Morgan fingerprint density at radius 3 is 0.556 bits per heavy atom. The minimum atomic E-state index is -0.0988. The molecule has 0 bridgehead atoms. The van der Waals surface area contributed by atoms with Crippen LogP contribution in [0.25, 0.3) is 0 Å². The molecule has 0 fully saturated rings. The van der Waals surface area contributed by atoms with Crippen molar-refractivity contribution in [2.75, 3.05) is 0 Å². The van der Waals surface area contributed by atoms with Gasteiger partial charge in [0, 0.05) is 0 Å². The Kier molecular flexibility index (Phi) is 9.93. The van der Waals surface area contributed by atoms with Gasteiger partial charge in [-0.05, 0) is 0 Å². The van der Waals surface area contributed by atoms with Crippen molar-refractivity contribution in [2.45, 2.75) is 0 Å². The molecule has 0 aliphatic carbocycles. The Morgan fingerprint density at radius 1 is 0.389 bits per heavy atom. The van der Waals surface area contributed by atoms with Gasteiger partial charge in [-0.2, -0.15) is 0 Å². The van der Waals surface area contributed by atoms with E-state index in [1.807, 2.05) is 0 Å². The third-order valence-electron chi connectivity index (χ3n) is 1.30. The first kappa shape index (κ1) is 19.9. The summed E-state index contributed by atoms with van der Waals surface area (Å²) in [5, 5.41) is 0.654. The fraction of sp³-hybridized carbons (Fsp3) is 0. The standard InChI is InChI=1S/C6Cl6.C2Cl4/c7-1-2(8)4(10)6(12)5(11)3(1)9;3-1(4)2(5)6. The Morgan fingerprint density at radius 2 is 0.500 bits per heavy atom. The average Bonchev–Trinajstić information content (AvgIpc) is 2.32. The summed E-state index contributed by atoms with van der Waals surface area (Å²) in [7, 11) is 0. The summed E-state index contributed by atoms with van der Waals surface area (Å²) in [6.07, 6.45) is 0. The molecule has 1 aromatic carbocycles. The van der Waals surface area contributed by atoms with Gasteiger partial charge >= 0.3 is 0 Å². The number of hydrogen-bond donors (Lipinski definition) is 0. The van der Waals surface area contributed by atoms with Crippen LogP contribution in [0.2, 0.25) is 30.1 Å². The molecule has 10 heteroatoms. The van der Waals surface area contributed by atoms with Gasteiger partial charge in [0.25, 0.3) is 0 Å². The first-order valence-corrected chi connectivity index (χ1v) is 7.42. The molecule has 102 valence electrons. The van der Waals surface area contributed by atoms with E-state index in [4.69, 9.17) is 116 Å². The Labute approximate surface area is 154 Å². The van der Waals surface area contributed by atoms with Crippen LogP contribution in [0.5, 0.6) is 0 Å². The highest BCUT2D eigenvalue weighted by Crippen LogP contribution is 2.46. The molecule has 0 spiro atoms. The van der Waals surface area contributed by atoms with Gasteiger partial charge in [-0.1, -0.05) is 116 Å². The molecular weight excluding hydrogens is 451 g/mol. The third kappa shape index (κ3) is 5.69. The smallest absolute Gasteiger partial charge is 0.0810 e. The van der Waals surface area contributed by atoms with Crippen LogP contribution in [0.3, 0.4) is 0 Å². The summed E-state index contributed by atoms with van der Waals surface area (Å²) >= 11 is 54.0. The molecule has 18 heavy (non-hydrogen) atoms. The topological polar surface area (TPSA) is 0 Å². The maximum absolute atomic E-state index is 5.67. The van der Waals surface area contributed by atoms with E-state index >= 15 is 0 Å². The quantitative estimate of drug-likeness (QED) is 0.274. The first-order valence-electron chi connectivity index (χ1n) is 3.64. The van der Waals surface area contributed by atoms with Crippen molar-refractivity contribution in [1.29, 1.82) is 0 Å².